The first-order valence-electron chi connectivity index (χ1n) is 5.89. The molecule has 5 nitrogen and oxygen atoms in total. The highest BCUT2D eigenvalue weighted by Crippen LogP contribution is 2.22. The van der Waals surface area contributed by atoms with E-state index in [1.54, 1.807) is 16.7 Å². The van der Waals surface area contributed by atoms with Gasteiger partial charge in [-0.1, -0.05) is 6.07 Å². The second-order valence-corrected chi connectivity index (χ2v) is 4.41. The van der Waals surface area contributed by atoms with Gasteiger partial charge in [0.05, 0.1) is 11.2 Å². The Morgan fingerprint density at radius 3 is 2.79 bits per heavy atom. The molecule has 3 aromatic rings. The van der Waals surface area contributed by atoms with Crippen LogP contribution < -0.4 is 5.73 Å². The number of oxazole rings is 1. The third-order valence-electron chi connectivity index (χ3n) is 3.13. The van der Waals surface area contributed by atoms with Gasteiger partial charge in [-0.05, 0) is 26.0 Å². The summed E-state index contributed by atoms with van der Waals surface area (Å²) < 4.78 is 20.8. The SMILES string of the molecule is Cc1nc(Cn2c(N)nc3c(F)cccc32)oc1C. The molecule has 0 saturated heterocycles. The van der Waals surface area contributed by atoms with E-state index in [-0.39, 0.29) is 17.3 Å². The van der Waals surface area contributed by atoms with E-state index >= 15 is 0 Å². The maximum atomic E-state index is 13.6. The van der Waals surface area contributed by atoms with Gasteiger partial charge in [-0.2, -0.15) is 0 Å². The van der Waals surface area contributed by atoms with Crippen molar-refractivity contribution in [1.82, 2.24) is 14.5 Å². The van der Waals surface area contributed by atoms with E-state index in [2.05, 4.69) is 9.97 Å². The minimum Gasteiger partial charge on any atom is -0.444 e. The molecule has 3 rings (SSSR count). The molecule has 0 aliphatic carbocycles. The van der Waals surface area contributed by atoms with E-state index in [0.717, 1.165) is 11.5 Å². The van der Waals surface area contributed by atoms with Crippen molar-refractivity contribution in [2.75, 3.05) is 5.73 Å². The zero-order chi connectivity index (χ0) is 13.6. The number of benzene rings is 1. The Bertz CT molecular complexity index is 740. The molecular weight excluding hydrogens is 247 g/mol. The monoisotopic (exact) mass is 260 g/mol. The third kappa shape index (κ3) is 1.85. The van der Waals surface area contributed by atoms with Crippen LogP contribution in [0.4, 0.5) is 10.3 Å². The fourth-order valence-electron chi connectivity index (χ4n) is 2.04. The molecule has 0 aliphatic rings. The lowest BCUT2D eigenvalue weighted by atomic mass is 10.3. The van der Waals surface area contributed by atoms with Gasteiger partial charge >= 0.3 is 0 Å². The summed E-state index contributed by atoms with van der Waals surface area (Å²) in [7, 11) is 0. The van der Waals surface area contributed by atoms with Gasteiger partial charge in [0.25, 0.3) is 0 Å². The number of aromatic nitrogens is 3. The van der Waals surface area contributed by atoms with Crippen molar-refractivity contribution in [2.24, 2.45) is 0 Å². The second kappa shape index (κ2) is 4.08. The van der Waals surface area contributed by atoms with Gasteiger partial charge in [-0.25, -0.2) is 14.4 Å². The van der Waals surface area contributed by atoms with E-state index in [1.807, 2.05) is 13.8 Å². The number of hydrogen-bond acceptors (Lipinski definition) is 4. The van der Waals surface area contributed by atoms with Gasteiger partial charge in [0.2, 0.25) is 11.8 Å². The Morgan fingerprint density at radius 2 is 2.11 bits per heavy atom. The van der Waals surface area contributed by atoms with Gasteiger partial charge in [0, 0.05) is 0 Å². The first-order valence-corrected chi connectivity index (χ1v) is 5.89. The number of fused-ring (bicyclic) bond motifs is 1. The summed E-state index contributed by atoms with van der Waals surface area (Å²) in [5.74, 6) is 1.16. The van der Waals surface area contributed by atoms with Crippen LogP contribution in [-0.2, 0) is 6.54 Å². The van der Waals surface area contributed by atoms with Crippen LogP contribution in [0.2, 0.25) is 0 Å². The molecule has 98 valence electrons. The van der Waals surface area contributed by atoms with Crippen LogP contribution in [0, 0.1) is 19.7 Å². The lowest BCUT2D eigenvalue weighted by Gasteiger charge is -2.02. The zero-order valence-corrected chi connectivity index (χ0v) is 10.6. The van der Waals surface area contributed by atoms with E-state index in [0.29, 0.717) is 18.0 Å². The highest BCUT2D eigenvalue weighted by atomic mass is 19.1. The minimum absolute atomic E-state index is 0.244. The number of halogens is 1. The van der Waals surface area contributed by atoms with Crippen LogP contribution in [-0.4, -0.2) is 14.5 Å². The Labute approximate surface area is 108 Å². The van der Waals surface area contributed by atoms with E-state index < -0.39 is 0 Å². The van der Waals surface area contributed by atoms with Crippen molar-refractivity contribution >= 4 is 17.0 Å². The Morgan fingerprint density at radius 1 is 1.32 bits per heavy atom. The molecule has 2 heterocycles. The van der Waals surface area contributed by atoms with Gasteiger partial charge in [0.1, 0.15) is 17.8 Å². The summed E-state index contributed by atoms with van der Waals surface area (Å²) in [6.07, 6.45) is 0. The number of nitrogens with zero attached hydrogens (tertiary/aromatic N) is 3. The van der Waals surface area contributed by atoms with E-state index in [4.69, 9.17) is 10.2 Å². The van der Waals surface area contributed by atoms with Crippen molar-refractivity contribution < 1.29 is 8.81 Å². The highest BCUT2D eigenvalue weighted by Gasteiger charge is 2.14. The first-order chi connectivity index (χ1) is 9.06. The molecule has 0 saturated carbocycles. The molecule has 0 aliphatic heterocycles. The summed E-state index contributed by atoms with van der Waals surface area (Å²) >= 11 is 0. The van der Waals surface area contributed by atoms with Gasteiger partial charge in [-0.15, -0.1) is 0 Å². The smallest absolute Gasteiger partial charge is 0.214 e. The molecular formula is C13H13FN4O. The van der Waals surface area contributed by atoms with Crippen LogP contribution in [0.3, 0.4) is 0 Å². The van der Waals surface area contributed by atoms with E-state index in [1.165, 1.54) is 6.07 Å². The van der Waals surface area contributed by atoms with Crippen molar-refractivity contribution in [2.45, 2.75) is 20.4 Å². The average molecular weight is 260 g/mol. The summed E-state index contributed by atoms with van der Waals surface area (Å²) in [6.45, 7) is 4.05. The maximum Gasteiger partial charge on any atom is 0.214 e. The van der Waals surface area contributed by atoms with E-state index in [9.17, 15) is 4.39 Å². The standard InChI is InChI=1S/C13H13FN4O/c1-7-8(2)19-11(16-7)6-18-10-5-3-4-9(14)12(10)17-13(18)15/h3-5H,6H2,1-2H3,(H2,15,17). The minimum atomic E-state index is -0.386. The molecule has 2 aromatic heterocycles. The third-order valence-corrected chi connectivity index (χ3v) is 3.13. The summed E-state index contributed by atoms with van der Waals surface area (Å²) in [6, 6.07) is 4.75. The number of para-hydroxylation sites is 1. The lowest BCUT2D eigenvalue weighted by molar-refractivity contribution is 0.460. The fourth-order valence-corrected chi connectivity index (χ4v) is 2.04. The highest BCUT2D eigenvalue weighted by molar-refractivity contribution is 5.78. The molecule has 19 heavy (non-hydrogen) atoms. The number of anilines is 1. The molecule has 0 amide bonds. The van der Waals surface area contributed by atoms with Crippen LogP contribution in [0.15, 0.2) is 22.6 Å². The van der Waals surface area contributed by atoms with Crippen molar-refractivity contribution in [3.05, 3.63) is 41.4 Å². The van der Waals surface area contributed by atoms with Gasteiger partial charge < -0.3 is 14.7 Å². The first kappa shape index (κ1) is 11.7. The van der Waals surface area contributed by atoms with Crippen LogP contribution in [0.1, 0.15) is 17.3 Å². The normalized spacial score (nSPS) is 11.3. The average Bonchev–Trinajstić information content (AvgIpc) is 2.84. The molecule has 2 N–H and O–H groups in total. The Hall–Kier alpha value is -2.37. The molecule has 0 spiro atoms. The number of nitrogen functional groups attached to an aromatic ring is 1. The number of aryl methyl sites for hydroxylation is 2. The maximum absolute atomic E-state index is 13.6. The predicted octanol–water partition coefficient (Wildman–Crippen LogP) is 2.41. The number of rotatable bonds is 2. The topological polar surface area (TPSA) is 69.9 Å². The second-order valence-electron chi connectivity index (χ2n) is 4.41. The Balaban J connectivity index is 2.10. The van der Waals surface area contributed by atoms with Crippen LogP contribution >= 0.6 is 0 Å². The summed E-state index contributed by atoms with van der Waals surface area (Å²) in [4.78, 5) is 8.33. The lowest BCUT2D eigenvalue weighted by Crippen LogP contribution is -2.04. The number of hydrogen-bond donors (Lipinski definition) is 1. The fraction of sp³-hybridized carbons (Fsp3) is 0.231. The molecule has 0 atom stereocenters. The molecule has 0 bridgehead atoms. The van der Waals surface area contributed by atoms with Crippen molar-refractivity contribution in [3.8, 4) is 0 Å². The van der Waals surface area contributed by atoms with Crippen molar-refractivity contribution in [1.29, 1.82) is 0 Å². The van der Waals surface area contributed by atoms with Crippen LogP contribution in [0.25, 0.3) is 11.0 Å². The molecule has 0 radical (unpaired) electrons. The summed E-state index contributed by atoms with van der Waals surface area (Å²) in [5.41, 5.74) is 7.56. The van der Waals surface area contributed by atoms with Gasteiger partial charge in [-0.3, -0.25) is 0 Å². The van der Waals surface area contributed by atoms with Crippen molar-refractivity contribution in [3.63, 3.8) is 0 Å². The zero-order valence-electron chi connectivity index (χ0n) is 10.6. The quantitative estimate of drug-likeness (QED) is 0.768. The number of imidazole rings is 1. The molecule has 0 fully saturated rings. The Kier molecular flexibility index (Phi) is 2.51. The molecule has 0 unspecified atom stereocenters. The largest absolute Gasteiger partial charge is 0.444 e. The van der Waals surface area contributed by atoms with Crippen LogP contribution in [0.5, 0.6) is 0 Å². The number of nitrogens with two attached hydrogens (primary N) is 1. The molecule has 6 heteroatoms. The predicted molar refractivity (Wildman–Crippen MR) is 69.2 cm³/mol. The van der Waals surface area contributed by atoms with Gasteiger partial charge in [0.15, 0.2) is 5.82 Å². The summed E-state index contributed by atoms with van der Waals surface area (Å²) in [5, 5.41) is 0. The molecule has 1 aromatic carbocycles.